The molecule has 3 fully saturated rings. The molecule has 0 unspecified atom stereocenters. The summed E-state index contributed by atoms with van der Waals surface area (Å²) in [5.41, 5.74) is 2.10. The zero-order chi connectivity index (χ0) is 24.4. The Morgan fingerprint density at radius 2 is 2.09 bits per heavy atom. The van der Waals surface area contributed by atoms with Crippen molar-refractivity contribution in [2.24, 2.45) is 11.8 Å². The first-order chi connectivity index (χ1) is 16.9. The molecule has 2 aliphatic carbocycles. The van der Waals surface area contributed by atoms with Crippen molar-refractivity contribution >= 4 is 18.0 Å². The molecule has 1 amide bonds. The molecular weight excluding hydrogens is 440 g/mol. The molecule has 0 bridgehead atoms. The number of carbonyl (C=O) groups is 2. The Balaban J connectivity index is 1.38. The largest absolute Gasteiger partial charge is 0.472 e. The third kappa shape index (κ3) is 5.37. The monoisotopic (exact) mass is 476 g/mol. The average molecular weight is 477 g/mol. The maximum absolute atomic E-state index is 13.0. The van der Waals surface area contributed by atoms with Crippen LogP contribution in [0.25, 0.3) is 6.08 Å². The molecule has 1 aliphatic heterocycles. The minimum absolute atomic E-state index is 0.0182. The Morgan fingerprint density at radius 3 is 2.83 bits per heavy atom. The lowest BCUT2D eigenvalue weighted by Gasteiger charge is -2.54. The fourth-order valence-electron chi connectivity index (χ4n) is 6.22. The van der Waals surface area contributed by atoms with Gasteiger partial charge < -0.3 is 19.0 Å². The number of fused-ring (bicyclic) bond motifs is 1. The van der Waals surface area contributed by atoms with E-state index < -0.39 is 0 Å². The van der Waals surface area contributed by atoms with Crippen molar-refractivity contribution in [1.82, 2.24) is 9.80 Å². The molecule has 2 heterocycles. The standard InChI is InChI=1S/C29H36N2O4/c1-21(32)35-27-5-3-4-24(16-27)29-13-14-31(18-22-6-7-22)19-25(29)9-10-26(17-29)30(2)28(33)11-8-23-12-15-34-20-23/h3-5,8,11-12,15-16,20,22,25-26H,6-7,9-10,13-14,17-19H2,1-2H3/b11-8+/t25-,26+,29+/m1/s1. The van der Waals surface area contributed by atoms with Crippen molar-refractivity contribution in [3.05, 3.63) is 60.1 Å². The van der Waals surface area contributed by atoms with Crippen molar-refractivity contribution in [3.8, 4) is 5.75 Å². The highest BCUT2D eigenvalue weighted by Gasteiger charge is 2.49. The number of ether oxygens (including phenoxy) is 1. The number of carbonyl (C=O) groups excluding carboxylic acids is 2. The molecule has 2 aromatic rings. The second kappa shape index (κ2) is 10.0. The van der Waals surface area contributed by atoms with Crippen LogP contribution in [0.3, 0.4) is 0 Å². The SMILES string of the molecule is CC(=O)Oc1cccc([C@@]23CCN(CC4CC4)C[C@H]2CC[C@H](N(C)C(=O)/C=C/c2ccoc2)C3)c1. The van der Waals surface area contributed by atoms with Gasteiger partial charge >= 0.3 is 5.97 Å². The molecule has 0 N–H and O–H groups in total. The minimum Gasteiger partial charge on any atom is -0.472 e. The summed E-state index contributed by atoms with van der Waals surface area (Å²) in [6.07, 6.45) is 13.5. The lowest BCUT2D eigenvalue weighted by atomic mass is 9.57. The lowest BCUT2D eigenvalue weighted by molar-refractivity contribution is -0.132. The van der Waals surface area contributed by atoms with Gasteiger partial charge in [-0.15, -0.1) is 0 Å². The van der Waals surface area contributed by atoms with Gasteiger partial charge in [-0.25, -0.2) is 0 Å². The van der Waals surface area contributed by atoms with E-state index in [1.54, 1.807) is 18.6 Å². The summed E-state index contributed by atoms with van der Waals surface area (Å²) in [6, 6.07) is 10.1. The second-order valence-electron chi connectivity index (χ2n) is 10.7. The highest BCUT2D eigenvalue weighted by atomic mass is 16.5. The zero-order valence-corrected chi connectivity index (χ0v) is 20.8. The molecule has 5 rings (SSSR count). The molecule has 186 valence electrons. The zero-order valence-electron chi connectivity index (χ0n) is 20.8. The quantitative estimate of drug-likeness (QED) is 0.323. The van der Waals surface area contributed by atoms with Gasteiger partial charge in [0.1, 0.15) is 5.75 Å². The fraction of sp³-hybridized carbons (Fsp3) is 0.517. The smallest absolute Gasteiger partial charge is 0.308 e. The van der Waals surface area contributed by atoms with Gasteiger partial charge in [-0.2, -0.15) is 0 Å². The summed E-state index contributed by atoms with van der Waals surface area (Å²) in [4.78, 5) is 29.2. The number of rotatable bonds is 7. The van der Waals surface area contributed by atoms with Gasteiger partial charge in [-0.05, 0) is 86.7 Å². The maximum Gasteiger partial charge on any atom is 0.308 e. The third-order valence-corrected chi connectivity index (χ3v) is 8.32. The van der Waals surface area contributed by atoms with Crippen LogP contribution >= 0.6 is 0 Å². The molecule has 2 saturated carbocycles. The molecule has 1 aromatic heterocycles. The molecule has 35 heavy (non-hydrogen) atoms. The summed E-state index contributed by atoms with van der Waals surface area (Å²) in [5, 5.41) is 0. The Labute approximate surface area is 207 Å². The first-order valence-corrected chi connectivity index (χ1v) is 12.9. The first kappa shape index (κ1) is 23.9. The Bertz CT molecular complexity index is 1070. The van der Waals surface area contributed by atoms with Crippen molar-refractivity contribution in [3.63, 3.8) is 0 Å². The summed E-state index contributed by atoms with van der Waals surface area (Å²) in [7, 11) is 1.93. The van der Waals surface area contributed by atoms with Gasteiger partial charge in [-0.3, -0.25) is 9.59 Å². The number of benzene rings is 1. The Morgan fingerprint density at radius 1 is 1.23 bits per heavy atom. The third-order valence-electron chi connectivity index (χ3n) is 8.32. The summed E-state index contributed by atoms with van der Waals surface area (Å²) < 4.78 is 10.6. The van der Waals surface area contributed by atoms with Gasteiger partial charge in [0.25, 0.3) is 0 Å². The van der Waals surface area contributed by atoms with E-state index >= 15 is 0 Å². The summed E-state index contributed by atoms with van der Waals surface area (Å²) in [6.45, 7) is 4.85. The molecule has 3 aliphatic rings. The normalized spacial score (nSPS) is 26.9. The molecule has 3 atom stereocenters. The predicted octanol–water partition coefficient (Wildman–Crippen LogP) is 4.90. The number of piperidine rings is 1. The van der Waals surface area contributed by atoms with Crippen LogP contribution in [-0.2, 0) is 15.0 Å². The van der Waals surface area contributed by atoms with E-state index in [-0.39, 0.29) is 23.3 Å². The van der Waals surface area contributed by atoms with Crippen molar-refractivity contribution < 1.29 is 18.7 Å². The van der Waals surface area contributed by atoms with E-state index in [2.05, 4.69) is 17.0 Å². The topological polar surface area (TPSA) is 63.0 Å². The van der Waals surface area contributed by atoms with Gasteiger partial charge in [0.15, 0.2) is 0 Å². The van der Waals surface area contributed by atoms with Crippen molar-refractivity contribution in [2.45, 2.75) is 56.9 Å². The van der Waals surface area contributed by atoms with E-state index in [0.29, 0.717) is 11.7 Å². The number of hydrogen-bond donors (Lipinski definition) is 0. The van der Waals surface area contributed by atoms with E-state index in [1.807, 2.05) is 36.2 Å². The minimum atomic E-state index is -0.299. The van der Waals surface area contributed by atoms with Crippen LogP contribution in [0.4, 0.5) is 0 Å². The molecule has 1 aromatic carbocycles. The number of likely N-dealkylation sites (N-methyl/N-ethyl adjacent to an activating group) is 1. The first-order valence-electron chi connectivity index (χ1n) is 12.9. The number of esters is 1. The van der Waals surface area contributed by atoms with E-state index in [9.17, 15) is 9.59 Å². The van der Waals surface area contributed by atoms with Crippen molar-refractivity contribution in [1.29, 1.82) is 0 Å². The number of amides is 1. The highest BCUT2D eigenvalue weighted by molar-refractivity contribution is 5.91. The molecule has 6 nitrogen and oxygen atoms in total. The van der Waals surface area contributed by atoms with Crippen LogP contribution in [0.2, 0.25) is 0 Å². The Kier molecular flexibility index (Phi) is 6.83. The average Bonchev–Trinajstić information content (AvgIpc) is 3.51. The maximum atomic E-state index is 13.0. The summed E-state index contributed by atoms with van der Waals surface area (Å²) in [5.74, 6) is 1.75. The van der Waals surface area contributed by atoms with Crippen LogP contribution in [0.5, 0.6) is 5.75 Å². The molecule has 1 saturated heterocycles. The van der Waals surface area contributed by atoms with E-state index in [4.69, 9.17) is 9.15 Å². The predicted molar refractivity (Wildman–Crippen MR) is 135 cm³/mol. The van der Waals surface area contributed by atoms with Crippen LogP contribution in [0.1, 0.15) is 56.6 Å². The fourth-order valence-corrected chi connectivity index (χ4v) is 6.22. The highest BCUT2D eigenvalue weighted by Crippen LogP contribution is 2.51. The number of hydrogen-bond acceptors (Lipinski definition) is 5. The second-order valence-corrected chi connectivity index (χ2v) is 10.7. The van der Waals surface area contributed by atoms with Gasteiger partial charge in [0.05, 0.1) is 12.5 Å². The lowest BCUT2D eigenvalue weighted by Crippen LogP contribution is -2.56. The molecular formula is C29H36N2O4. The van der Waals surface area contributed by atoms with Gasteiger partial charge in [0, 0.05) is 50.2 Å². The van der Waals surface area contributed by atoms with E-state index in [0.717, 1.165) is 50.3 Å². The molecule has 0 spiro atoms. The van der Waals surface area contributed by atoms with Crippen molar-refractivity contribution in [2.75, 3.05) is 26.7 Å². The van der Waals surface area contributed by atoms with Crippen LogP contribution in [0, 0.1) is 11.8 Å². The van der Waals surface area contributed by atoms with E-state index in [1.165, 1.54) is 31.9 Å². The Hall–Kier alpha value is -2.86. The number of likely N-dealkylation sites (tertiary alicyclic amines) is 1. The number of furan rings is 1. The molecule has 6 heteroatoms. The van der Waals surface area contributed by atoms with Gasteiger partial charge in [-0.1, -0.05) is 12.1 Å². The summed E-state index contributed by atoms with van der Waals surface area (Å²) >= 11 is 0. The van der Waals surface area contributed by atoms with Crippen LogP contribution in [-0.4, -0.2) is 54.4 Å². The van der Waals surface area contributed by atoms with Crippen LogP contribution < -0.4 is 4.74 Å². The van der Waals surface area contributed by atoms with Gasteiger partial charge in [0.2, 0.25) is 5.91 Å². The molecule has 0 radical (unpaired) electrons. The van der Waals surface area contributed by atoms with Crippen LogP contribution in [0.15, 0.2) is 53.4 Å². The number of nitrogens with zero attached hydrogens (tertiary/aromatic N) is 2.